The van der Waals surface area contributed by atoms with Crippen LogP contribution in [0.2, 0.25) is 0 Å². The van der Waals surface area contributed by atoms with Gasteiger partial charge in [0.25, 0.3) is 0 Å². The predicted octanol–water partition coefficient (Wildman–Crippen LogP) is 4.10. The number of hydrogen-bond acceptors (Lipinski definition) is 5. The van der Waals surface area contributed by atoms with Crippen molar-refractivity contribution in [2.75, 3.05) is 7.05 Å². The molecule has 1 aromatic carbocycles. The van der Waals surface area contributed by atoms with Crippen LogP contribution in [-0.4, -0.2) is 23.0 Å². The number of aryl methyl sites for hydroxylation is 2. The maximum absolute atomic E-state index is 13.2. The highest BCUT2D eigenvalue weighted by atomic mass is 127. The van der Waals surface area contributed by atoms with Gasteiger partial charge in [0.05, 0.1) is 12.2 Å². The van der Waals surface area contributed by atoms with E-state index in [1.807, 2.05) is 19.9 Å². The molecule has 2 N–H and O–H groups in total. The molecule has 7 nitrogen and oxygen atoms in total. The number of benzene rings is 1. The van der Waals surface area contributed by atoms with Gasteiger partial charge in [-0.05, 0) is 31.5 Å². The fourth-order valence-corrected chi connectivity index (χ4v) is 2.41. The lowest BCUT2D eigenvalue weighted by molar-refractivity contribution is 0.457. The van der Waals surface area contributed by atoms with Crippen molar-refractivity contribution in [3.05, 3.63) is 71.3 Å². The van der Waals surface area contributed by atoms with E-state index in [0.29, 0.717) is 36.6 Å². The van der Waals surface area contributed by atoms with Gasteiger partial charge in [0.2, 0.25) is 11.8 Å². The lowest BCUT2D eigenvalue weighted by Crippen LogP contribution is -2.36. The molecule has 0 aliphatic rings. The Hall–Kier alpha value is -2.69. The van der Waals surface area contributed by atoms with Crippen molar-refractivity contribution in [2.45, 2.75) is 26.9 Å². The number of nitrogens with one attached hydrogen (secondary N) is 2. The summed E-state index contributed by atoms with van der Waals surface area (Å²) in [6.07, 6.45) is 1.69. The summed E-state index contributed by atoms with van der Waals surface area (Å²) in [7, 11) is 1.69. The third-order valence-corrected chi connectivity index (χ3v) is 3.98. The molecule has 0 fully saturated rings. The average molecular weight is 511 g/mol. The monoisotopic (exact) mass is 511 g/mol. The SMILES string of the molecule is CN=C(NCc1ccc(Oc2cccc(F)c2)nc1)NCc1nc(C)c(C)o1.I. The number of hydrogen-bond donors (Lipinski definition) is 2. The normalized spacial score (nSPS) is 11.0. The van der Waals surface area contributed by atoms with Gasteiger partial charge in [-0.2, -0.15) is 0 Å². The van der Waals surface area contributed by atoms with Crippen molar-refractivity contribution < 1.29 is 13.5 Å². The molecule has 0 saturated heterocycles. The zero-order chi connectivity index (χ0) is 19.9. The molecule has 9 heteroatoms. The molecule has 3 rings (SSSR count). The molecule has 0 atom stereocenters. The van der Waals surface area contributed by atoms with Crippen molar-refractivity contribution >= 4 is 29.9 Å². The first-order chi connectivity index (χ1) is 13.5. The van der Waals surface area contributed by atoms with Gasteiger partial charge >= 0.3 is 0 Å². The Kier molecular flexibility index (Phi) is 8.37. The minimum Gasteiger partial charge on any atom is -0.444 e. The quantitative estimate of drug-likeness (QED) is 0.295. The topological polar surface area (TPSA) is 84.6 Å². The summed E-state index contributed by atoms with van der Waals surface area (Å²) in [5.74, 6) is 2.48. The summed E-state index contributed by atoms with van der Waals surface area (Å²) in [6, 6.07) is 9.54. The number of oxazole rings is 1. The molecule has 2 heterocycles. The van der Waals surface area contributed by atoms with E-state index in [0.717, 1.165) is 17.0 Å². The maximum atomic E-state index is 13.2. The van der Waals surface area contributed by atoms with Gasteiger partial charge in [0, 0.05) is 31.9 Å². The minimum atomic E-state index is -0.354. The predicted molar refractivity (Wildman–Crippen MR) is 119 cm³/mol. The number of ether oxygens (including phenoxy) is 1. The summed E-state index contributed by atoms with van der Waals surface area (Å²) in [5.41, 5.74) is 1.82. The fraction of sp³-hybridized carbons (Fsp3) is 0.250. The Labute approximate surface area is 185 Å². The number of aliphatic imine (C=N–C) groups is 1. The molecule has 2 aromatic heterocycles. The van der Waals surface area contributed by atoms with Crippen LogP contribution >= 0.6 is 24.0 Å². The Morgan fingerprint density at radius 1 is 1.17 bits per heavy atom. The smallest absolute Gasteiger partial charge is 0.219 e. The van der Waals surface area contributed by atoms with Gasteiger partial charge in [-0.15, -0.1) is 24.0 Å². The first-order valence-electron chi connectivity index (χ1n) is 8.79. The van der Waals surface area contributed by atoms with E-state index in [2.05, 4.69) is 25.6 Å². The van der Waals surface area contributed by atoms with Crippen molar-refractivity contribution in [3.8, 4) is 11.6 Å². The van der Waals surface area contributed by atoms with Gasteiger partial charge in [0.1, 0.15) is 17.3 Å². The van der Waals surface area contributed by atoms with Gasteiger partial charge in [-0.25, -0.2) is 14.4 Å². The lowest BCUT2D eigenvalue weighted by atomic mass is 10.3. The summed E-state index contributed by atoms with van der Waals surface area (Å²) in [5, 5.41) is 6.34. The molecular weight excluding hydrogens is 488 g/mol. The van der Waals surface area contributed by atoms with Gasteiger partial charge in [0.15, 0.2) is 5.96 Å². The first kappa shape index (κ1) is 22.6. The van der Waals surface area contributed by atoms with Gasteiger partial charge in [-0.3, -0.25) is 4.99 Å². The van der Waals surface area contributed by atoms with Crippen LogP contribution in [-0.2, 0) is 13.1 Å². The second-order valence-electron chi connectivity index (χ2n) is 6.09. The Bertz CT molecular complexity index is 940. The van der Waals surface area contributed by atoms with Crippen LogP contribution < -0.4 is 15.4 Å². The number of guanidine groups is 1. The zero-order valence-electron chi connectivity index (χ0n) is 16.4. The van der Waals surface area contributed by atoms with Crippen LogP contribution in [0.1, 0.15) is 22.9 Å². The van der Waals surface area contributed by atoms with Crippen LogP contribution in [0, 0.1) is 19.7 Å². The molecule has 0 saturated carbocycles. The van der Waals surface area contributed by atoms with E-state index in [9.17, 15) is 4.39 Å². The fourth-order valence-electron chi connectivity index (χ4n) is 2.41. The number of nitrogens with zero attached hydrogens (tertiary/aromatic N) is 3. The van der Waals surface area contributed by atoms with Gasteiger partial charge in [-0.1, -0.05) is 12.1 Å². The highest BCUT2D eigenvalue weighted by Gasteiger charge is 2.07. The third kappa shape index (κ3) is 6.70. The van der Waals surface area contributed by atoms with Crippen molar-refractivity contribution in [1.29, 1.82) is 0 Å². The lowest BCUT2D eigenvalue weighted by Gasteiger charge is -2.11. The highest BCUT2D eigenvalue weighted by molar-refractivity contribution is 14.0. The molecule has 0 bridgehead atoms. The number of aromatic nitrogens is 2. The van der Waals surface area contributed by atoms with Crippen LogP contribution in [0.25, 0.3) is 0 Å². The summed E-state index contributed by atoms with van der Waals surface area (Å²) in [6.45, 7) is 4.75. The molecule has 3 aromatic rings. The van der Waals surface area contributed by atoms with Crippen molar-refractivity contribution in [1.82, 2.24) is 20.6 Å². The van der Waals surface area contributed by atoms with Crippen LogP contribution in [0.3, 0.4) is 0 Å². The molecular formula is C20H23FIN5O2. The second kappa shape index (κ2) is 10.7. The summed E-state index contributed by atoms with van der Waals surface area (Å²) < 4.78 is 24.3. The summed E-state index contributed by atoms with van der Waals surface area (Å²) in [4.78, 5) is 12.7. The van der Waals surface area contributed by atoms with E-state index in [1.54, 1.807) is 31.4 Å². The number of halogens is 2. The van der Waals surface area contributed by atoms with Crippen LogP contribution in [0.5, 0.6) is 11.6 Å². The third-order valence-electron chi connectivity index (χ3n) is 3.98. The van der Waals surface area contributed by atoms with E-state index < -0.39 is 0 Å². The highest BCUT2D eigenvalue weighted by Crippen LogP contribution is 2.20. The molecule has 0 radical (unpaired) electrons. The minimum absolute atomic E-state index is 0. The second-order valence-corrected chi connectivity index (χ2v) is 6.09. The van der Waals surface area contributed by atoms with E-state index in [4.69, 9.17) is 9.15 Å². The van der Waals surface area contributed by atoms with Crippen molar-refractivity contribution in [3.63, 3.8) is 0 Å². The molecule has 0 aliphatic carbocycles. The molecule has 29 heavy (non-hydrogen) atoms. The van der Waals surface area contributed by atoms with E-state index in [-0.39, 0.29) is 29.8 Å². The Morgan fingerprint density at radius 3 is 2.59 bits per heavy atom. The van der Waals surface area contributed by atoms with Crippen LogP contribution in [0.4, 0.5) is 4.39 Å². The van der Waals surface area contributed by atoms with Crippen molar-refractivity contribution in [2.24, 2.45) is 4.99 Å². The summed E-state index contributed by atoms with van der Waals surface area (Å²) >= 11 is 0. The zero-order valence-corrected chi connectivity index (χ0v) is 18.7. The Balaban J connectivity index is 0.00000300. The largest absolute Gasteiger partial charge is 0.444 e. The molecule has 0 aliphatic heterocycles. The molecule has 0 spiro atoms. The van der Waals surface area contributed by atoms with Crippen LogP contribution in [0.15, 0.2) is 52.0 Å². The molecule has 154 valence electrons. The van der Waals surface area contributed by atoms with E-state index >= 15 is 0 Å². The Morgan fingerprint density at radius 2 is 1.97 bits per heavy atom. The maximum Gasteiger partial charge on any atom is 0.219 e. The molecule has 0 unspecified atom stereocenters. The van der Waals surface area contributed by atoms with E-state index in [1.165, 1.54) is 12.1 Å². The average Bonchev–Trinajstić information content (AvgIpc) is 3.01. The number of pyridine rings is 1. The first-order valence-corrected chi connectivity index (χ1v) is 8.79. The van der Waals surface area contributed by atoms with Gasteiger partial charge < -0.3 is 19.8 Å². The standard InChI is InChI=1S/C20H22FN5O2.HI/c1-13-14(2)27-19(26-13)12-25-20(22-3)24-11-15-7-8-18(23-10-15)28-17-6-4-5-16(21)9-17;/h4-10H,11-12H2,1-3H3,(H2,22,24,25);1H. The molecule has 0 amide bonds. The number of rotatable bonds is 6.